The molecule has 17 heavy (non-hydrogen) atoms. The SMILES string of the molecule is CCCCCCCCCCCCNC(S)CC. The van der Waals surface area contributed by atoms with Crippen LogP contribution >= 0.6 is 12.6 Å². The van der Waals surface area contributed by atoms with Gasteiger partial charge < -0.3 is 5.32 Å². The summed E-state index contributed by atoms with van der Waals surface area (Å²) in [6.45, 7) is 5.59. The highest BCUT2D eigenvalue weighted by Crippen LogP contribution is 2.10. The van der Waals surface area contributed by atoms with Gasteiger partial charge in [0.1, 0.15) is 0 Å². The minimum atomic E-state index is 0.397. The van der Waals surface area contributed by atoms with E-state index in [0.29, 0.717) is 5.37 Å². The lowest BCUT2D eigenvalue weighted by atomic mass is 10.1. The van der Waals surface area contributed by atoms with Crippen LogP contribution in [0.2, 0.25) is 0 Å². The van der Waals surface area contributed by atoms with Crippen molar-refractivity contribution in [2.45, 2.75) is 89.9 Å². The van der Waals surface area contributed by atoms with Crippen LogP contribution in [-0.4, -0.2) is 11.9 Å². The van der Waals surface area contributed by atoms with Crippen molar-refractivity contribution in [3.63, 3.8) is 0 Å². The monoisotopic (exact) mass is 259 g/mol. The third-order valence-electron chi connectivity index (χ3n) is 3.30. The summed E-state index contributed by atoms with van der Waals surface area (Å²) in [7, 11) is 0. The highest BCUT2D eigenvalue weighted by atomic mass is 32.1. The molecule has 0 aromatic heterocycles. The molecule has 0 aliphatic carbocycles. The normalized spacial score (nSPS) is 12.9. The highest BCUT2D eigenvalue weighted by molar-refractivity contribution is 7.80. The van der Waals surface area contributed by atoms with Crippen LogP contribution in [-0.2, 0) is 0 Å². The second kappa shape index (κ2) is 14.4. The van der Waals surface area contributed by atoms with Crippen molar-refractivity contribution in [3.05, 3.63) is 0 Å². The van der Waals surface area contributed by atoms with Gasteiger partial charge in [-0.2, -0.15) is 12.6 Å². The molecule has 1 unspecified atom stereocenters. The smallest absolute Gasteiger partial charge is 0.0499 e. The van der Waals surface area contributed by atoms with Crippen molar-refractivity contribution in [2.24, 2.45) is 0 Å². The molecule has 0 amide bonds. The van der Waals surface area contributed by atoms with Crippen LogP contribution < -0.4 is 5.32 Å². The molecule has 2 heteroatoms. The van der Waals surface area contributed by atoms with Gasteiger partial charge in [-0.3, -0.25) is 0 Å². The first-order valence-corrected chi connectivity index (χ1v) is 8.24. The Hall–Kier alpha value is 0.310. The predicted octanol–water partition coefficient (Wildman–Crippen LogP) is 5.16. The second-order valence-corrected chi connectivity index (χ2v) is 5.68. The van der Waals surface area contributed by atoms with E-state index in [4.69, 9.17) is 0 Å². The summed E-state index contributed by atoms with van der Waals surface area (Å²) in [6.07, 6.45) is 15.2. The molecule has 0 saturated carbocycles. The molecule has 0 spiro atoms. The molecule has 0 aliphatic rings. The van der Waals surface area contributed by atoms with Crippen LogP contribution in [0.1, 0.15) is 84.5 Å². The van der Waals surface area contributed by atoms with Gasteiger partial charge in [0.15, 0.2) is 0 Å². The number of hydrogen-bond donors (Lipinski definition) is 2. The van der Waals surface area contributed by atoms with Gasteiger partial charge in [0, 0.05) is 5.37 Å². The van der Waals surface area contributed by atoms with E-state index in [0.717, 1.165) is 13.0 Å². The van der Waals surface area contributed by atoms with Crippen molar-refractivity contribution >= 4 is 12.6 Å². The fourth-order valence-corrected chi connectivity index (χ4v) is 2.15. The first-order chi connectivity index (χ1) is 8.31. The van der Waals surface area contributed by atoms with Gasteiger partial charge in [-0.1, -0.05) is 71.6 Å². The molecule has 0 rings (SSSR count). The van der Waals surface area contributed by atoms with Crippen LogP contribution in [0.5, 0.6) is 0 Å². The largest absolute Gasteiger partial charge is 0.306 e. The lowest BCUT2D eigenvalue weighted by molar-refractivity contribution is 0.537. The Morgan fingerprint density at radius 1 is 0.765 bits per heavy atom. The van der Waals surface area contributed by atoms with Crippen LogP contribution in [0.3, 0.4) is 0 Å². The molecule has 1 atom stereocenters. The fourth-order valence-electron chi connectivity index (χ4n) is 2.03. The number of rotatable bonds is 13. The molecule has 0 fully saturated rings. The molecule has 0 aromatic rings. The third kappa shape index (κ3) is 14.2. The maximum absolute atomic E-state index is 4.42. The minimum absolute atomic E-state index is 0.397. The summed E-state index contributed by atoms with van der Waals surface area (Å²) < 4.78 is 0. The Balaban J connectivity index is 2.94. The zero-order valence-corrected chi connectivity index (χ0v) is 12.9. The van der Waals surface area contributed by atoms with Crippen LogP contribution in [0.4, 0.5) is 0 Å². The van der Waals surface area contributed by atoms with E-state index in [1.807, 2.05) is 0 Å². The Bertz CT molecular complexity index is 139. The topological polar surface area (TPSA) is 12.0 Å². The van der Waals surface area contributed by atoms with Crippen LogP contribution in [0.25, 0.3) is 0 Å². The van der Waals surface area contributed by atoms with Crippen LogP contribution in [0.15, 0.2) is 0 Å². The van der Waals surface area contributed by atoms with E-state index in [1.54, 1.807) is 0 Å². The Labute approximate surface area is 115 Å². The molecule has 0 radical (unpaired) electrons. The number of nitrogens with one attached hydrogen (secondary N) is 1. The van der Waals surface area contributed by atoms with Crippen molar-refractivity contribution in [2.75, 3.05) is 6.54 Å². The summed E-state index contributed by atoms with van der Waals surface area (Å²) >= 11 is 4.42. The van der Waals surface area contributed by atoms with E-state index >= 15 is 0 Å². The molecule has 0 heterocycles. The van der Waals surface area contributed by atoms with Gasteiger partial charge in [-0.15, -0.1) is 0 Å². The van der Waals surface area contributed by atoms with Gasteiger partial charge in [-0.05, 0) is 19.4 Å². The summed E-state index contributed by atoms with van der Waals surface area (Å²) in [5.74, 6) is 0. The molecular formula is C15H33NS. The van der Waals surface area contributed by atoms with Crippen molar-refractivity contribution in [1.29, 1.82) is 0 Å². The first kappa shape index (κ1) is 17.3. The third-order valence-corrected chi connectivity index (χ3v) is 3.84. The maximum Gasteiger partial charge on any atom is 0.0499 e. The summed E-state index contributed by atoms with van der Waals surface area (Å²) in [4.78, 5) is 0. The summed E-state index contributed by atoms with van der Waals surface area (Å²) in [5.41, 5.74) is 0. The number of thiol groups is 1. The quantitative estimate of drug-likeness (QED) is 0.264. The molecule has 0 saturated heterocycles. The lowest BCUT2D eigenvalue weighted by Gasteiger charge is -2.09. The zero-order valence-electron chi connectivity index (χ0n) is 12.0. The van der Waals surface area contributed by atoms with Gasteiger partial charge in [0.25, 0.3) is 0 Å². The van der Waals surface area contributed by atoms with Gasteiger partial charge in [0.05, 0.1) is 0 Å². The Morgan fingerprint density at radius 2 is 1.24 bits per heavy atom. The van der Waals surface area contributed by atoms with Crippen LogP contribution in [0, 0.1) is 0 Å². The van der Waals surface area contributed by atoms with E-state index in [2.05, 4.69) is 31.8 Å². The molecule has 0 bridgehead atoms. The van der Waals surface area contributed by atoms with Crippen molar-refractivity contribution < 1.29 is 0 Å². The van der Waals surface area contributed by atoms with Crippen molar-refractivity contribution in [3.8, 4) is 0 Å². The predicted molar refractivity (Wildman–Crippen MR) is 82.9 cm³/mol. The Kier molecular flexibility index (Phi) is 14.6. The minimum Gasteiger partial charge on any atom is -0.306 e. The fraction of sp³-hybridized carbons (Fsp3) is 1.00. The summed E-state index contributed by atoms with van der Waals surface area (Å²) in [5, 5.41) is 3.82. The van der Waals surface area contributed by atoms with E-state index < -0.39 is 0 Å². The second-order valence-electron chi connectivity index (χ2n) is 5.06. The Morgan fingerprint density at radius 3 is 1.71 bits per heavy atom. The van der Waals surface area contributed by atoms with E-state index in [1.165, 1.54) is 64.2 Å². The molecule has 0 aromatic carbocycles. The molecule has 1 N–H and O–H groups in total. The molecular weight excluding hydrogens is 226 g/mol. The lowest BCUT2D eigenvalue weighted by Crippen LogP contribution is -2.23. The molecule has 104 valence electrons. The standard InChI is InChI=1S/C15H33NS/c1-3-5-6-7-8-9-10-11-12-13-14-16-15(17)4-2/h15-17H,3-14H2,1-2H3. The zero-order chi connectivity index (χ0) is 12.8. The van der Waals surface area contributed by atoms with Gasteiger partial charge in [-0.25, -0.2) is 0 Å². The molecule has 1 nitrogen and oxygen atoms in total. The average molecular weight is 260 g/mol. The van der Waals surface area contributed by atoms with Gasteiger partial charge >= 0.3 is 0 Å². The van der Waals surface area contributed by atoms with Gasteiger partial charge in [0.2, 0.25) is 0 Å². The first-order valence-electron chi connectivity index (χ1n) is 7.72. The highest BCUT2D eigenvalue weighted by Gasteiger charge is 1.96. The molecule has 0 aliphatic heterocycles. The van der Waals surface area contributed by atoms with Crippen molar-refractivity contribution in [1.82, 2.24) is 5.32 Å². The number of unbranched alkanes of at least 4 members (excludes halogenated alkanes) is 9. The summed E-state index contributed by atoms with van der Waals surface area (Å²) in [6, 6.07) is 0. The number of hydrogen-bond acceptors (Lipinski definition) is 2. The van der Waals surface area contributed by atoms with E-state index in [-0.39, 0.29) is 0 Å². The average Bonchev–Trinajstić information content (AvgIpc) is 2.35. The maximum atomic E-state index is 4.42. The van der Waals surface area contributed by atoms with E-state index in [9.17, 15) is 0 Å².